The third-order valence-corrected chi connectivity index (χ3v) is 5.14. The van der Waals surface area contributed by atoms with Gasteiger partial charge in [0.2, 0.25) is 5.91 Å². The van der Waals surface area contributed by atoms with Crippen molar-refractivity contribution in [3.63, 3.8) is 0 Å². The van der Waals surface area contributed by atoms with Gasteiger partial charge in [0.05, 0.1) is 24.3 Å². The van der Waals surface area contributed by atoms with Crippen molar-refractivity contribution in [1.82, 2.24) is 9.55 Å². The summed E-state index contributed by atoms with van der Waals surface area (Å²) >= 11 is 0. The number of hydrogen-bond acceptors (Lipinski definition) is 2. The minimum absolute atomic E-state index is 0.0696. The van der Waals surface area contributed by atoms with E-state index in [9.17, 15) is 4.79 Å². The van der Waals surface area contributed by atoms with Crippen LogP contribution in [0.15, 0.2) is 36.8 Å². The number of amides is 1. The van der Waals surface area contributed by atoms with Crippen LogP contribution >= 0.6 is 0 Å². The van der Waals surface area contributed by atoms with E-state index < -0.39 is 0 Å². The Morgan fingerprint density at radius 2 is 1.95 bits per heavy atom. The van der Waals surface area contributed by atoms with Gasteiger partial charge in [-0.1, -0.05) is 24.3 Å². The summed E-state index contributed by atoms with van der Waals surface area (Å²) in [5.74, 6) is 0.501. The summed E-state index contributed by atoms with van der Waals surface area (Å²) in [5.41, 5.74) is 9.37. The highest BCUT2D eigenvalue weighted by Gasteiger charge is 2.36. The number of primary amides is 1. The molecule has 2 aliphatic rings. The van der Waals surface area contributed by atoms with Crippen molar-refractivity contribution in [3.05, 3.63) is 42.4 Å². The lowest BCUT2D eigenvalue weighted by atomic mass is 9.76. The van der Waals surface area contributed by atoms with Crippen LogP contribution in [0.25, 0.3) is 11.3 Å². The van der Waals surface area contributed by atoms with E-state index in [-0.39, 0.29) is 11.8 Å². The van der Waals surface area contributed by atoms with Gasteiger partial charge in [-0.25, -0.2) is 4.98 Å². The van der Waals surface area contributed by atoms with E-state index in [1.54, 1.807) is 0 Å². The number of aromatic nitrogens is 2. The van der Waals surface area contributed by atoms with Crippen LogP contribution in [0.1, 0.15) is 37.3 Å². The zero-order valence-corrected chi connectivity index (χ0v) is 11.9. The van der Waals surface area contributed by atoms with Gasteiger partial charge in [0.15, 0.2) is 0 Å². The summed E-state index contributed by atoms with van der Waals surface area (Å²) in [7, 11) is 0. The lowest BCUT2D eigenvalue weighted by Crippen LogP contribution is -2.30. The molecule has 1 aliphatic carbocycles. The molecule has 0 bridgehead atoms. The Kier molecular flexibility index (Phi) is 2.84. The molecule has 0 unspecified atom stereocenters. The molecule has 1 fully saturated rings. The van der Waals surface area contributed by atoms with Crippen LogP contribution in [0.5, 0.6) is 0 Å². The molecule has 1 aliphatic heterocycles. The summed E-state index contributed by atoms with van der Waals surface area (Å²) in [5, 5.41) is 0. The van der Waals surface area contributed by atoms with E-state index in [1.165, 1.54) is 16.8 Å². The third-order valence-electron chi connectivity index (χ3n) is 5.14. The van der Waals surface area contributed by atoms with Gasteiger partial charge in [-0.2, -0.15) is 0 Å². The van der Waals surface area contributed by atoms with Gasteiger partial charge in [0.25, 0.3) is 0 Å². The van der Waals surface area contributed by atoms with Crippen molar-refractivity contribution in [2.24, 2.45) is 17.6 Å². The summed E-state index contributed by atoms with van der Waals surface area (Å²) in [6.07, 6.45) is 7.86. The highest BCUT2D eigenvalue weighted by molar-refractivity contribution is 5.76. The first kappa shape index (κ1) is 12.6. The summed E-state index contributed by atoms with van der Waals surface area (Å²) in [6, 6.07) is 8.97. The Morgan fingerprint density at radius 3 is 2.71 bits per heavy atom. The number of carbonyl (C=O) groups excluding carboxylic acids is 1. The second-order valence-electron chi connectivity index (χ2n) is 6.23. The second-order valence-corrected chi connectivity index (χ2v) is 6.23. The van der Waals surface area contributed by atoms with Gasteiger partial charge >= 0.3 is 0 Å². The number of fused-ring (bicyclic) bond motifs is 3. The van der Waals surface area contributed by atoms with E-state index in [2.05, 4.69) is 33.8 Å². The maximum Gasteiger partial charge on any atom is 0.220 e. The highest BCUT2D eigenvalue weighted by Crippen LogP contribution is 2.47. The fourth-order valence-electron chi connectivity index (χ4n) is 4.07. The van der Waals surface area contributed by atoms with E-state index in [1.807, 2.05) is 12.5 Å². The van der Waals surface area contributed by atoms with Crippen LogP contribution < -0.4 is 5.73 Å². The first-order valence-corrected chi connectivity index (χ1v) is 7.66. The first-order chi connectivity index (χ1) is 10.3. The fourth-order valence-corrected chi connectivity index (χ4v) is 4.07. The molecular formula is C17H19N3O. The van der Waals surface area contributed by atoms with Crippen molar-refractivity contribution < 1.29 is 4.79 Å². The van der Waals surface area contributed by atoms with Crippen molar-refractivity contribution in [2.45, 2.75) is 31.7 Å². The number of nitrogens with two attached hydrogens (primary N) is 1. The van der Waals surface area contributed by atoms with Gasteiger partial charge < -0.3 is 10.3 Å². The third kappa shape index (κ3) is 1.89. The molecule has 4 heteroatoms. The summed E-state index contributed by atoms with van der Waals surface area (Å²) in [6.45, 7) is 0. The molecule has 108 valence electrons. The molecule has 4 nitrogen and oxygen atoms in total. The quantitative estimate of drug-likeness (QED) is 0.920. The molecule has 21 heavy (non-hydrogen) atoms. The maximum absolute atomic E-state index is 11.3. The normalized spacial score (nSPS) is 27.1. The minimum Gasteiger partial charge on any atom is -0.369 e. The molecule has 1 aromatic carbocycles. The lowest BCUT2D eigenvalue weighted by Gasteiger charge is -2.32. The van der Waals surface area contributed by atoms with Gasteiger partial charge in [-0.3, -0.25) is 4.79 Å². The van der Waals surface area contributed by atoms with Crippen LogP contribution in [0.2, 0.25) is 0 Å². The highest BCUT2D eigenvalue weighted by atomic mass is 16.1. The van der Waals surface area contributed by atoms with Gasteiger partial charge in [-0.15, -0.1) is 0 Å². The van der Waals surface area contributed by atoms with Gasteiger partial charge in [0.1, 0.15) is 0 Å². The van der Waals surface area contributed by atoms with Crippen molar-refractivity contribution in [1.29, 1.82) is 0 Å². The van der Waals surface area contributed by atoms with Crippen LogP contribution in [0, 0.1) is 11.8 Å². The largest absolute Gasteiger partial charge is 0.369 e. The number of hydrogen-bond donors (Lipinski definition) is 1. The average Bonchev–Trinajstić information content (AvgIpc) is 3.07. The SMILES string of the molecule is NC(=O)[C@H]1CC[C@H]([C@@H]2c3ccccc3-c3cncn32)CC1. The van der Waals surface area contributed by atoms with Crippen LogP contribution in [0.4, 0.5) is 0 Å². The molecule has 2 aromatic rings. The Hall–Kier alpha value is -2.10. The first-order valence-electron chi connectivity index (χ1n) is 7.66. The Morgan fingerprint density at radius 1 is 1.19 bits per heavy atom. The molecule has 2 heterocycles. The standard InChI is InChI=1S/C17H19N3O/c18-17(21)12-7-5-11(6-8-12)16-14-4-2-1-3-13(14)15-9-19-10-20(15)16/h1-4,9-12,16H,5-8H2,(H2,18,21)/t11-,12-,16-/m1/s1. The monoisotopic (exact) mass is 281 g/mol. The number of benzene rings is 1. The van der Waals surface area contributed by atoms with Crippen LogP contribution in [-0.4, -0.2) is 15.5 Å². The minimum atomic E-state index is -0.136. The van der Waals surface area contributed by atoms with E-state index in [0.29, 0.717) is 12.0 Å². The molecule has 0 radical (unpaired) electrons. The van der Waals surface area contributed by atoms with E-state index in [4.69, 9.17) is 5.73 Å². The Labute approximate surface area is 124 Å². The van der Waals surface area contributed by atoms with E-state index >= 15 is 0 Å². The van der Waals surface area contributed by atoms with Gasteiger partial charge in [-0.05, 0) is 37.2 Å². The predicted molar refractivity (Wildman–Crippen MR) is 80.4 cm³/mol. The molecule has 4 rings (SSSR count). The number of imidazole rings is 1. The molecule has 1 atom stereocenters. The average molecular weight is 281 g/mol. The molecule has 1 aromatic heterocycles. The molecule has 1 amide bonds. The van der Waals surface area contributed by atoms with Crippen molar-refractivity contribution >= 4 is 5.91 Å². The van der Waals surface area contributed by atoms with Crippen molar-refractivity contribution in [3.8, 4) is 11.3 Å². The zero-order valence-electron chi connectivity index (χ0n) is 11.9. The zero-order chi connectivity index (χ0) is 14.4. The molecule has 1 saturated carbocycles. The summed E-state index contributed by atoms with van der Waals surface area (Å²) in [4.78, 5) is 15.7. The Balaban J connectivity index is 1.66. The lowest BCUT2D eigenvalue weighted by molar-refractivity contribution is -0.123. The molecule has 0 spiro atoms. The smallest absolute Gasteiger partial charge is 0.220 e. The maximum atomic E-state index is 11.3. The van der Waals surface area contributed by atoms with Gasteiger partial charge in [0, 0.05) is 11.5 Å². The van der Waals surface area contributed by atoms with Crippen LogP contribution in [0.3, 0.4) is 0 Å². The second kappa shape index (κ2) is 4.72. The number of carbonyl (C=O) groups is 1. The Bertz CT molecular complexity index is 683. The molecule has 2 N–H and O–H groups in total. The van der Waals surface area contributed by atoms with Crippen molar-refractivity contribution in [2.75, 3.05) is 0 Å². The summed E-state index contributed by atoms with van der Waals surface area (Å²) < 4.78 is 2.31. The fraction of sp³-hybridized carbons (Fsp3) is 0.412. The predicted octanol–water partition coefficient (Wildman–Crippen LogP) is 2.74. The van der Waals surface area contributed by atoms with E-state index in [0.717, 1.165) is 25.7 Å². The number of rotatable bonds is 2. The topological polar surface area (TPSA) is 60.9 Å². The molecule has 0 saturated heterocycles. The number of nitrogens with zero attached hydrogens (tertiary/aromatic N) is 2. The van der Waals surface area contributed by atoms with Crippen LogP contribution in [-0.2, 0) is 4.79 Å². The molecular weight excluding hydrogens is 262 g/mol.